The van der Waals surface area contributed by atoms with Crippen molar-refractivity contribution in [2.45, 2.75) is 58.2 Å². The van der Waals surface area contributed by atoms with Crippen LogP contribution in [0.2, 0.25) is 0 Å². The molecule has 10 heteroatoms. The molecule has 1 N–H and O–H groups in total. The fourth-order valence-corrected chi connectivity index (χ4v) is 5.99. The molecule has 0 saturated carbocycles. The normalized spacial score (nSPS) is 12.7. The van der Waals surface area contributed by atoms with Gasteiger partial charge in [0.05, 0.1) is 19.1 Å². The van der Waals surface area contributed by atoms with Crippen LogP contribution in [0.4, 0.5) is 5.69 Å². The summed E-state index contributed by atoms with van der Waals surface area (Å²) in [5, 5.41) is 3.07. The molecule has 0 heterocycles. The molecule has 0 aliphatic carbocycles. The molecule has 3 aromatic rings. The van der Waals surface area contributed by atoms with E-state index in [-0.39, 0.29) is 43.8 Å². The number of carbonyl (C=O) groups is 2. The maximum absolute atomic E-state index is 13.9. The van der Waals surface area contributed by atoms with Gasteiger partial charge in [-0.25, -0.2) is 8.42 Å². The van der Waals surface area contributed by atoms with E-state index in [1.54, 1.807) is 36.3 Å². The molecule has 0 aliphatic heterocycles. The van der Waals surface area contributed by atoms with E-state index in [0.717, 1.165) is 28.3 Å². The van der Waals surface area contributed by atoms with Crippen LogP contribution in [-0.4, -0.2) is 57.1 Å². The van der Waals surface area contributed by atoms with Gasteiger partial charge in [-0.1, -0.05) is 65.3 Å². The lowest BCUT2D eigenvalue weighted by molar-refractivity contribution is -0.141. The van der Waals surface area contributed by atoms with Gasteiger partial charge >= 0.3 is 0 Å². The Morgan fingerprint density at radius 3 is 2.24 bits per heavy atom. The summed E-state index contributed by atoms with van der Waals surface area (Å²) in [5.74, 6) is 0.177. The van der Waals surface area contributed by atoms with E-state index in [2.05, 4.69) is 21.2 Å². The molecule has 0 bridgehead atoms. The van der Waals surface area contributed by atoms with Crippen LogP contribution in [0.15, 0.2) is 83.3 Å². The Balaban J connectivity index is 1.88. The minimum atomic E-state index is -3.60. The Labute approximate surface area is 258 Å². The van der Waals surface area contributed by atoms with Crippen LogP contribution < -0.4 is 14.4 Å². The summed E-state index contributed by atoms with van der Waals surface area (Å²) in [7, 11) is -2.05. The zero-order valence-electron chi connectivity index (χ0n) is 24.6. The fourth-order valence-electron chi connectivity index (χ4n) is 4.58. The molecule has 2 atom stereocenters. The molecule has 0 aromatic heterocycles. The first-order valence-electron chi connectivity index (χ1n) is 14.0. The predicted molar refractivity (Wildman–Crippen MR) is 171 cm³/mol. The third kappa shape index (κ3) is 9.87. The van der Waals surface area contributed by atoms with Gasteiger partial charge in [0.15, 0.2) is 0 Å². The summed E-state index contributed by atoms with van der Waals surface area (Å²) < 4.78 is 32.6. The highest BCUT2D eigenvalue weighted by molar-refractivity contribution is 9.10. The molecule has 0 spiro atoms. The van der Waals surface area contributed by atoms with Crippen LogP contribution in [0.1, 0.15) is 44.2 Å². The average Bonchev–Trinajstić information content (AvgIpc) is 2.97. The van der Waals surface area contributed by atoms with Gasteiger partial charge in [0.2, 0.25) is 21.8 Å². The van der Waals surface area contributed by atoms with Gasteiger partial charge in [-0.05, 0) is 67.3 Å². The van der Waals surface area contributed by atoms with Gasteiger partial charge < -0.3 is 15.0 Å². The largest absolute Gasteiger partial charge is 0.497 e. The molecule has 3 aromatic carbocycles. The summed E-state index contributed by atoms with van der Waals surface area (Å²) in [6.07, 6.45) is 2.60. The zero-order chi connectivity index (χ0) is 30.7. The number of benzene rings is 3. The second kappa shape index (κ2) is 15.7. The summed E-state index contributed by atoms with van der Waals surface area (Å²) in [4.78, 5) is 29.2. The number of methoxy groups -OCH3 is 1. The van der Waals surface area contributed by atoms with E-state index >= 15 is 0 Å². The average molecular weight is 659 g/mol. The fraction of sp³-hybridized carbons (Fsp3) is 0.375. The highest BCUT2D eigenvalue weighted by Crippen LogP contribution is 2.23. The van der Waals surface area contributed by atoms with Gasteiger partial charge in [0.25, 0.3) is 0 Å². The zero-order valence-corrected chi connectivity index (χ0v) is 27.0. The van der Waals surface area contributed by atoms with Crippen LogP contribution in [0.3, 0.4) is 0 Å². The van der Waals surface area contributed by atoms with E-state index in [4.69, 9.17) is 4.74 Å². The van der Waals surface area contributed by atoms with Gasteiger partial charge in [0, 0.05) is 36.4 Å². The first-order valence-corrected chi connectivity index (χ1v) is 16.7. The minimum absolute atomic E-state index is 0.0496. The van der Waals surface area contributed by atoms with Crippen molar-refractivity contribution >= 4 is 43.5 Å². The maximum atomic E-state index is 13.9. The molecular weight excluding hydrogens is 618 g/mol. The Bertz CT molecular complexity index is 1420. The molecule has 8 nitrogen and oxygen atoms in total. The van der Waals surface area contributed by atoms with Gasteiger partial charge in [-0.3, -0.25) is 13.9 Å². The van der Waals surface area contributed by atoms with E-state index < -0.39 is 16.1 Å². The smallest absolute Gasteiger partial charge is 0.243 e. The van der Waals surface area contributed by atoms with E-state index in [1.165, 1.54) is 4.31 Å². The number of halogens is 1. The number of amides is 2. The van der Waals surface area contributed by atoms with Crippen LogP contribution in [0, 0.1) is 0 Å². The van der Waals surface area contributed by atoms with Gasteiger partial charge in [0.1, 0.15) is 11.8 Å². The highest BCUT2D eigenvalue weighted by Gasteiger charge is 2.31. The number of anilines is 1. The van der Waals surface area contributed by atoms with E-state index in [0.29, 0.717) is 17.9 Å². The molecular formula is C32H40BrN3O5S. The molecule has 0 fully saturated rings. The molecule has 0 saturated heterocycles. The third-order valence-corrected chi connectivity index (χ3v) is 8.71. The second-order valence-corrected chi connectivity index (χ2v) is 13.1. The second-order valence-electron chi connectivity index (χ2n) is 10.3. The Morgan fingerprint density at radius 2 is 1.64 bits per heavy atom. The maximum Gasteiger partial charge on any atom is 0.243 e. The van der Waals surface area contributed by atoms with Crippen LogP contribution in [-0.2, 0) is 32.6 Å². The Hall–Kier alpha value is -3.37. The number of nitrogens with zero attached hydrogens (tertiary/aromatic N) is 2. The number of rotatable bonds is 15. The lowest BCUT2D eigenvalue weighted by Gasteiger charge is -2.32. The van der Waals surface area contributed by atoms with Crippen molar-refractivity contribution in [3.8, 4) is 5.75 Å². The van der Waals surface area contributed by atoms with Crippen molar-refractivity contribution in [2.75, 3.05) is 24.2 Å². The van der Waals surface area contributed by atoms with Gasteiger partial charge in [-0.15, -0.1) is 0 Å². The van der Waals surface area contributed by atoms with E-state index in [9.17, 15) is 18.0 Å². The van der Waals surface area contributed by atoms with Gasteiger partial charge in [-0.2, -0.15) is 0 Å². The number of ether oxygens (including phenoxy) is 1. The number of hydrogen-bond donors (Lipinski definition) is 1. The molecule has 2 amide bonds. The number of sulfonamides is 1. The van der Waals surface area contributed by atoms with Crippen molar-refractivity contribution in [2.24, 2.45) is 0 Å². The van der Waals surface area contributed by atoms with Crippen molar-refractivity contribution < 1.29 is 22.7 Å². The lowest BCUT2D eigenvalue weighted by atomic mass is 10.0. The Kier molecular flexibility index (Phi) is 12.4. The van der Waals surface area contributed by atoms with Crippen molar-refractivity contribution in [1.29, 1.82) is 0 Å². The minimum Gasteiger partial charge on any atom is -0.497 e. The lowest BCUT2D eigenvalue weighted by Crippen LogP contribution is -2.52. The number of hydrogen-bond acceptors (Lipinski definition) is 5. The Morgan fingerprint density at radius 1 is 0.976 bits per heavy atom. The molecule has 0 aliphatic rings. The predicted octanol–water partition coefficient (Wildman–Crippen LogP) is 5.56. The number of carbonyl (C=O) groups excluding carboxylic acids is 2. The summed E-state index contributed by atoms with van der Waals surface area (Å²) in [6, 6.07) is 23.2. The van der Waals surface area contributed by atoms with Crippen LogP contribution >= 0.6 is 15.9 Å². The van der Waals surface area contributed by atoms with Crippen molar-refractivity contribution in [3.63, 3.8) is 0 Å². The number of nitrogens with one attached hydrogen (secondary N) is 1. The molecule has 42 heavy (non-hydrogen) atoms. The van der Waals surface area contributed by atoms with Crippen LogP contribution in [0.5, 0.6) is 5.75 Å². The van der Waals surface area contributed by atoms with Crippen molar-refractivity contribution in [1.82, 2.24) is 10.2 Å². The molecule has 226 valence electrons. The highest BCUT2D eigenvalue weighted by atomic mass is 79.9. The summed E-state index contributed by atoms with van der Waals surface area (Å²) >= 11 is 3.51. The third-order valence-electron chi connectivity index (χ3n) is 7.03. The standard InChI is InChI=1S/C32H40BrN3O5S/c1-5-24(2)34-32(38)30(22-25-11-7-6-8-12-25)35(23-26-13-9-14-27(33)21-26)31(37)15-10-20-36(42(4,39)40)28-16-18-29(41-3)19-17-28/h6-9,11-14,16-19,21,24,30H,5,10,15,20,22-23H2,1-4H3,(H,34,38)/t24-,30+/m1/s1. The first-order chi connectivity index (χ1) is 20.0. The van der Waals surface area contributed by atoms with Crippen LogP contribution in [0.25, 0.3) is 0 Å². The van der Waals surface area contributed by atoms with E-state index in [1.807, 2.05) is 68.4 Å². The molecule has 0 radical (unpaired) electrons. The topological polar surface area (TPSA) is 96.0 Å². The summed E-state index contributed by atoms with van der Waals surface area (Å²) in [6.45, 7) is 4.29. The first kappa shape index (κ1) is 33.1. The monoisotopic (exact) mass is 657 g/mol. The molecule has 0 unspecified atom stereocenters. The summed E-state index contributed by atoms with van der Waals surface area (Å²) in [5.41, 5.74) is 2.31. The SMILES string of the molecule is CC[C@@H](C)NC(=O)[C@H](Cc1ccccc1)N(Cc1cccc(Br)c1)C(=O)CCCN(c1ccc(OC)cc1)S(C)(=O)=O. The molecule has 3 rings (SSSR count). The van der Waals surface area contributed by atoms with Crippen molar-refractivity contribution in [3.05, 3.63) is 94.5 Å². The quantitative estimate of drug-likeness (QED) is 0.231.